The summed E-state index contributed by atoms with van der Waals surface area (Å²) in [6.07, 6.45) is 2.96. The van der Waals surface area contributed by atoms with Gasteiger partial charge in [0.05, 0.1) is 25.6 Å². The van der Waals surface area contributed by atoms with Crippen LogP contribution in [-0.4, -0.2) is 19.8 Å². The summed E-state index contributed by atoms with van der Waals surface area (Å²) < 4.78 is 15.5. The van der Waals surface area contributed by atoms with Crippen LogP contribution < -0.4 is 0 Å². The number of epoxide rings is 1. The Kier molecular flexibility index (Phi) is 2.15. The van der Waals surface area contributed by atoms with Crippen molar-refractivity contribution >= 4 is 0 Å². The van der Waals surface area contributed by atoms with Gasteiger partial charge in [-0.05, 0) is 6.07 Å². The standard InChI is InChI=1S/C9H12O3/c1-10-5-7-2-3-11-9(7)4-8-6-12-8/h2-3,8H,4-6H2,1H3. The third kappa shape index (κ3) is 1.68. The van der Waals surface area contributed by atoms with Gasteiger partial charge in [-0.3, -0.25) is 0 Å². The van der Waals surface area contributed by atoms with Gasteiger partial charge in [-0.25, -0.2) is 0 Å². The first-order chi connectivity index (χ1) is 5.90. The van der Waals surface area contributed by atoms with Crippen LogP contribution in [0, 0.1) is 0 Å². The van der Waals surface area contributed by atoms with Gasteiger partial charge in [0.1, 0.15) is 5.76 Å². The highest BCUT2D eigenvalue weighted by Crippen LogP contribution is 2.20. The van der Waals surface area contributed by atoms with Crippen molar-refractivity contribution < 1.29 is 13.9 Å². The predicted molar refractivity (Wildman–Crippen MR) is 42.9 cm³/mol. The van der Waals surface area contributed by atoms with Crippen molar-refractivity contribution in [3.05, 3.63) is 23.7 Å². The van der Waals surface area contributed by atoms with E-state index in [1.54, 1.807) is 13.4 Å². The molecule has 0 spiro atoms. The topological polar surface area (TPSA) is 34.9 Å². The monoisotopic (exact) mass is 168 g/mol. The number of furan rings is 1. The maximum absolute atomic E-state index is 5.31. The van der Waals surface area contributed by atoms with Gasteiger partial charge in [0.15, 0.2) is 0 Å². The van der Waals surface area contributed by atoms with E-state index in [0.29, 0.717) is 12.7 Å². The molecule has 0 N–H and O–H groups in total. The third-order valence-corrected chi connectivity index (χ3v) is 1.95. The molecule has 1 aliphatic rings. The van der Waals surface area contributed by atoms with Crippen LogP contribution in [0.3, 0.4) is 0 Å². The van der Waals surface area contributed by atoms with Gasteiger partial charge in [-0.2, -0.15) is 0 Å². The normalized spacial score (nSPS) is 21.2. The summed E-state index contributed by atoms with van der Waals surface area (Å²) in [5, 5.41) is 0. The van der Waals surface area contributed by atoms with Crippen molar-refractivity contribution in [1.82, 2.24) is 0 Å². The molecule has 3 nitrogen and oxygen atoms in total. The molecular weight excluding hydrogens is 156 g/mol. The van der Waals surface area contributed by atoms with Crippen LogP contribution in [0.4, 0.5) is 0 Å². The first-order valence-corrected chi connectivity index (χ1v) is 4.06. The fourth-order valence-corrected chi connectivity index (χ4v) is 1.22. The Morgan fingerprint density at radius 2 is 2.50 bits per heavy atom. The Morgan fingerprint density at radius 1 is 1.67 bits per heavy atom. The minimum Gasteiger partial charge on any atom is -0.469 e. The number of methoxy groups -OCH3 is 1. The lowest BCUT2D eigenvalue weighted by molar-refractivity contribution is 0.182. The van der Waals surface area contributed by atoms with E-state index in [9.17, 15) is 0 Å². The molecule has 0 bridgehead atoms. The lowest BCUT2D eigenvalue weighted by atomic mass is 10.2. The fraction of sp³-hybridized carbons (Fsp3) is 0.556. The molecule has 12 heavy (non-hydrogen) atoms. The van der Waals surface area contributed by atoms with Crippen molar-refractivity contribution in [2.24, 2.45) is 0 Å². The van der Waals surface area contributed by atoms with Gasteiger partial charge in [-0.15, -0.1) is 0 Å². The summed E-state index contributed by atoms with van der Waals surface area (Å²) in [6.45, 7) is 1.49. The van der Waals surface area contributed by atoms with Crippen molar-refractivity contribution in [1.29, 1.82) is 0 Å². The van der Waals surface area contributed by atoms with Gasteiger partial charge in [0, 0.05) is 19.1 Å². The molecule has 1 aromatic rings. The lowest BCUT2D eigenvalue weighted by Crippen LogP contribution is -1.96. The van der Waals surface area contributed by atoms with Crippen molar-refractivity contribution in [2.45, 2.75) is 19.1 Å². The summed E-state index contributed by atoms with van der Waals surface area (Å²) in [5.74, 6) is 0.999. The van der Waals surface area contributed by atoms with E-state index in [1.165, 1.54) is 0 Å². The van der Waals surface area contributed by atoms with Crippen LogP contribution >= 0.6 is 0 Å². The molecule has 1 aromatic heterocycles. The smallest absolute Gasteiger partial charge is 0.111 e. The van der Waals surface area contributed by atoms with Gasteiger partial charge in [0.25, 0.3) is 0 Å². The highest BCUT2D eigenvalue weighted by Gasteiger charge is 2.25. The summed E-state index contributed by atoms with van der Waals surface area (Å²) in [4.78, 5) is 0. The van der Waals surface area contributed by atoms with Gasteiger partial charge in [-0.1, -0.05) is 0 Å². The van der Waals surface area contributed by atoms with Crippen molar-refractivity contribution in [3.8, 4) is 0 Å². The number of ether oxygens (including phenoxy) is 2. The van der Waals surface area contributed by atoms with E-state index in [2.05, 4.69) is 0 Å². The summed E-state index contributed by atoms with van der Waals surface area (Å²) in [7, 11) is 1.68. The quantitative estimate of drug-likeness (QED) is 0.637. The van der Waals surface area contributed by atoms with Crippen molar-refractivity contribution in [2.75, 3.05) is 13.7 Å². The van der Waals surface area contributed by atoms with E-state index in [4.69, 9.17) is 13.9 Å². The van der Waals surface area contributed by atoms with Crippen LogP contribution in [0.5, 0.6) is 0 Å². The van der Waals surface area contributed by atoms with Crippen LogP contribution in [0.1, 0.15) is 11.3 Å². The molecule has 1 atom stereocenters. The molecule has 66 valence electrons. The van der Waals surface area contributed by atoms with Crippen LogP contribution in [-0.2, 0) is 22.5 Å². The SMILES string of the molecule is COCc1ccoc1CC1CO1. The minimum absolute atomic E-state index is 0.381. The average molecular weight is 168 g/mol. The predicted octanol–water partition coefficient (Wildman–Crippen LogP) is 1.37. The van der Waals surface area contributed by atoms with Gasteiger partial charge >= 0.3 is 0 Å². The van der Waals surface area contributed by atoms with Crippen LogP contribution in [0.15, 0.2) is 16.7 Å². The number of hydrogen-bond acceptors (Lipinski definition) is 3. The molecule has 0 aliphatic carbocycles. The maximum atomic E-state index is 5.31. The molecule has 0 radical (unpaired) electrons. The molecule has 1 fully saturated rings. The molecule has 0 aromatic carbocycles. The number of rotatable bonds is 4. The zero-order chi connectivity index (χ0) is 8.39. The zero-order valence-electron chi connectivity index (χ0n) is 7.08. The maximum Gasteiger partial charge on any atom is 0.111 e. The van der Waals surface area contributed by atoms with E-state index < -0.39 is 0 Å². The Bertz CT molecular complexity index is 250. The van der Waals surface area contributed by atoms with Crippen LogP contribution in [0.2, 0.25) is 0 Å². The Labute approximate surface area is 71.3 Å². The zero-order valence-corrected chi connectivity index (χ0v) is 7.08. The fourth-order valence-electron chi connectivity index (χ4n) is 1.22. The Morgan fingerprint density at radius 3 is 3.17 bits per heavy atom. The molecule has 2 heterocycles. The lowest BCUT2D eigenvalue weighted by Gasteiger charge is -1.98. The van der Waals surface area contributed by atoms with Gasteiger partial charge < -0.3 is 13.9 Å². The number of hydrogen-bond donors (Lipinski definition) is 0. The van der Waals surface area contributed by atoms with E-state index in [1.807, 2.05) is 6.07 Å². The summed E-state index contributed by atoms with van der Waals surface area (Å²) in [6, 6.07) is 1.95. The Balaban J connectivity index is 2.01. The van der Waals surface area contributed by atoms with E-state index >= 15 is 0 Å². The molecule has 1 saturated heterocycles. The van der Waals surface area contributed by atoms with Crippen LogP contribution in [0.25, 0.3) is 0 Å². The molecule has 2 rings (SSSR count). The highest BCUT2D eigenvalue weighted by atomic mass is 16.6. The third-order valence-electron chi connectivity index (χ3n) is 1.95. The second kappa shape index (κ2) is 3.29. The second-order valence-corrected chi connectivity index (χ2v) is 2.96. The largest absolute Gasteiger partial charge is 0.469 e. The first kappa shape index (κ1) is 7.83. The first-order valence-electron chi connectivity index (χ1n) is 4.06. The molecule has 1 aliphatic heterocycles. The summed E-state index contributed by atoms with van der Waals surface area (Å²) >= 11 is 0. The molecule has 0 amide bonds. The van der Waals surface area contributed by atoms with Gasteiger partial charge in [0.2, 0.25) is 0 Å². The highest BCUT2D eigenvalue weighted by molar-refractivity contribution is 5.17. The molecule has 1 unspecified atom stereocenters. The summed E-state index contributed by atoms with van der Waals surface area (Å²) in [5.41, 5.74) is 1.13. The van der Waals surface area contributed by atoms with Crippen molar-refractivity contribution in [3.63, 3.8) is 0 Å². The van der Waals surface area contributed by atoms with E-state index in [0.717, 1.165) is 24.4 Å². The minimum atomic E-state index is 0.381. The van der Waals surface area contributed by atoms with E-state index in [-0.39, 0.29) is 0 Å². The Hall–Kier alpha value is -0.800. The molecule has 3 heteroatoms. The molecular formula is C9H12O3. The average Bonchev–Trinajstić information content (AvgIpc) is 2.76. The molecule has 0 saturated carbocycles. The second-order valence-electron chi connectivity index (χ2n) is 2.96.